The van der Waals surface area contributed by atoms with Gasteiger partial charge in [0.1, 0.15) is 0 Å². The Morgan fingerprint density at radius 3 is 2.03 bits per heavy atom. The highest BCUT2D eigenvalue weighted by atomic mass is 19.4. The first-order valence-corrected chi connectivity index (χ1v) is 11.4. The third-order valence-electron chi connectivity index (χ3n) is 6.38. The van der Waals surface area contributed by atoms with E-state index in [2.05, 4.69) is 9.80 Å². The zero-order valence-electron chi connectivity index (χ0n) is 18.3. The number of halogens is 3. The third-order valence-corrected chi connectivity index (χ3v) is 6.38. The molecule has 0 aliphatic carbocycles. The van der Waals surface area contributed by atoms with Crippen molar-refractivity contribution in [2.45, 2.75) is 38.5 Å². The molecule has 7 heteroatoms. The number of piperidine rings is 1. The molecular weight excluding hydrogens is 415 g/mol. The summed E-state index contributed by atoms with van der Waals surface area (Å²) in [5.74, 6) is 0.0215. The number of amides is 1. The van der Waals surface area contributed by atoms with Crippen LogP contribution in [0.5, 0.6) is 0 Å². The number of rotatable bonds is 5. The Morgan fingerprint density at radius 2 is 1.38 bits per heavy atom. The van der Waals surface area contributed by atoms with E-state index >= 15 is 0 Å². The molecule has 0 aromatic heterocycles. The fourth-order valence-corrected chi connectivity index (χ4v) is 4.52. The largest absolute Gasteiger partial charge is 0.416 e. The topological polar surface area (TPSA) is 26.8 Å². The average Bonchev–Trinajstić information content (AvgIpc) is 2.80. The number of benzene rings is 2. The van der Waals surface area contributed by atoms with Gasteiger partial charge in [-0.2, -0.15) is 13.2 Å². The molecule has 0 unspecified atom stereocenters. The minimum absolute atomic E-state index is 0.0215. The molecule has 0 spiro atoms. The molecule has 2 aromatic rings. The number of hydrogen-bond acceptors (Lipinski definition) is 3. The molecule has 2 saturated heterocycles. The number of piperazine rings is 1. The number of hydrogen-bond donors (Lipinski definition) is 0. The summed E-state index contributed by atoms with van der Waals surface area (Å²) in [5, 5.41) is 0. The average molecular weight is 446 g/mol. The van der Waals surface area contributed by atoms with Gasteiger partial charge in [0.05, 0.1) is 5.56 Å². The van der Waals surface area contributed by atoms with E-state index in [-0.39, 0.29) is 5.91 Å². The van der Waals surface area contributed by atoms with Crippen LogP contribution in [0.15, 0.2) is 48.5 Å². The normalized spacial score (nSPS) is 18.7. The third kappa shape index (κ3) is 5.90. The first-order valence-electron chi connectivity index (χ1n) is 11.4. The van der Waals surface area contributed by atoms with Gasteiger partial charge in [0, 0.05) is 44.8 Å². The Labute approximate surface area is 187 Å². The molecule has 172 valence electrons. The van der Waals surface area contributed by atoms with Gasteiger partial charge in [-0.1, -0.05) is 36.8 Å². The summed E-state index contributed by atoms with van der Waals surface area (Å²) >= 11 is 0. The molecule has 2 heterocycles. The maximum absolute atomic E-state index is 12.9. The van der Waals surface area contributed by atoms with Crippen LogP contribution in [-0.2, 0) is 19.3 Å². The zero-order valence-corrected chi connectivity index (χ0v) is 18.3. The smallest absolute Gasteiger partial charge is 0.336 e. The molecule has 0 radical (unpaired) electrons. The van der Waals surface area contributed by atoms with Crippen LogP contribution < -0.4 is 0 Å². The Bertz CT molecular complexity index is 899. The van der Waals surface area contributed by atoms with Gasteiger partial charge in [0.25, 0.3) is 5.91 Å². The maximum atomic E-state index is 12.9. The summed E-state index contributed by atoms with van der Waals surface area (Å²) in [5.41, 5.74) is 1.95. The van der Waals surface area contributed by atoms with E-state index in [1.165, 1.54) is 37.0 Å². The Morgan fingerprint density at radius 1 is 0.750 bits per heavy atom. The molecule has 0 bridgehead atoms. The Kier molecular flexibility index (Phi) is 7.16. The second kappa shape index (κ2) is 10.0. The van der Waals surface area contributed by atoms with Crippen molar-refractivity contribution in [2.24, 2.45) is 0 Å². The van der Waals surface area contributed by atoms with Crippen molar-refractivity contribution in [1.29, 1.82) is 0 Å². The lowest BCUT2D eigenvalue weighted by atomic mass is 10.1. The molecular formula is C25H30F3N3O. The quantitative estimate of drug-likeness (QED) is 0.670. The summed E-state index contributed by atoms with van der Waals surface area (Å²) in [4.78, 5) is 19.3. The molecule has 4 nitrogen and oxygen atoms in total. The molecule has 2 fully saturated rings. The van der Waals surface area contributed by atoms with E-state index in [9.17, 15) is 18.0 Å². The monoisotopic (exact) mass is 445 g/mol. The molecule has 2 aliphatic heterocycles. The van der Waals surface area contributed by atoms with Crippen LogP contribution in [0.3, 0.4) is 0 Å². The van der Waals surface area contributed by atoms with Crippen molar-refractivity contribution in [3.8, 4) is 0 Å². The minimum atomic E-state index is -4.33. The first kappa shape index (κ1) is 22.8. The number of carbonyl (C=O) groups is 1. The predicted octanol–water partition coefficient (Wildman–Crippen LogP) is 4.65. The van der Waals surface area contributed by atoms with Crippen LogP contribution in [0.25, 0.3) is 0 Å². The van der Waals surface area contributed by atoms with Crippen LogP contribution >= 0.6 is 0 Å². The second-order valence-electron chi connectivity index (χ2n) is 8.80. The molecule has 0 atom stereocenters. The van der Waals surface area contributed by atoms with E-state index in [0.29, 0.717) is 43.9 Å². The number of alkyl halides is 3. The summed E-state index contributed by atoms with van der Waals surface area (Å²) in [6.07, 6.45) is -0.492. The van der Waals surface area contributed by atoms with Crippen molar-refractivity contribution in [2.75, 3.05) is 39.3 Å². The molecule has 1 amide bonds. The summed E-state index contributed by atoms with van der Waals surface area (Å²) in [6.45, 7) is 6.13. The summed E-state index contributed by atoms with van der Waals surface area (Å²) in [7, 11) is 0. The highest BCUT2D eigenvalue weighted by Crippen LogP contribution is 2.29. The van der Waals surface area contributed by atoms with E-state index in [1.54, 1.807) is 6.07 Å². The van der Waals surface area contributed by atoms with Crippen LogP contribution in [0, 0.1) is 0 Å². The zero-order chi connectivity index (χ0) is 22.6. The standard InChI is InChI=1S/C25H30F3N3O/c26-25(27,28)23-6-4-5-21(17-23)19-30-13-15-31(16-14-30)24(32)22-9-7-20(8-10-22)18-29-11-2-1-3-12-29/h4-10,17H,1-3,11-16,18-19H2. The lowest BCUT2D eigenvalue weighted by molar-refractivity contribution is -0.137. The van der Waals surface area contributed by atoms with Gasteiger partial charge in [0.15, 0.2) is 0 Å². The van der Waals surface area contributed by atoms with Crippen molar-refractivity contribution in [1.82, 2.24) is 14.7 Å². The van der Waals surface area contributed by atoms with Crippen molar-refractivity contribution >= 4 is 5.91 Å². The molecule has 32 heavy (non-hydrogen) atoms. The number of nitrogens with zero attached hydrogens (tertiary/aromatic N) is 3. The Hall–Kier alpha value is -2.38. The first-order chi connectivity index (χ1) is 15.4. The minimum Gasteiger partial charge on any atom is -0.336 e. The van der Waals surface area contributed by atoms with Gasteiger partial charge >= 0.3 is 6.18 Å². The lowest BCUT2D eigenvalue weighted by Gasteiger charge is -2.35. The highest BCUT2D eigenvalue weighted by Gasteiger charge is 2.30. The van der Waals surface area contributed by atoms with Crippen molar-refractivity contribution in [3.63, 3.8) is 0 Å². The molecule has 2 aromatic carbocycles. The van der Waals surface area contributed by atoms with Gasteiger partial charge in [-0.25, -0.2) is 0 Å². The van der Waals surface area contributed by atoms with Crippen molar-refractivity contribution in [3.05, 3.63) is 70.8 Å². The van der Waals surface area contributed by atoms with Crippen LogP contribution in [-0.4, -0.2) is 59.9 Å². The van der Waals surface area contributed by atoms with Crippen molar-refractivity contribution < 1.29 is 18.0 Å². The van der Waals surface area contributed by atoms with E-state index < -0.39 is 11.7 Å². The number of likely N-dealkylation sites (tertiary alicyclic amines) is 1. The van der Waals surface area contributed by atoms with Crippen LogP contribution in [0.2, 0.25) is 0 Å². The van der Waals surface area contributed by atoms with Crippen LogP contribution in [0.4, 0.5) is 13.2 Å². The van der Waals surface area contributed by atoms with E-state index in [0.717, 1.165) is 25.7 Å². The Balaban J connectivity index is 1.28. The number of carbonyl (C=O) groups excluding carboxylic acids is 1. The highest BCUT2D eigenvalue weighted by molar-refractivity contribution is 5.94. The SMILES string of the molecule is O=C(c1ccc(CN2CCCCC2)cc1)N1CCN(Cc2cccc(C(F)(F)F)c2)CC1. The van der Waals surface area contributed by atoms with Gasteiger partial charge in [-0.05, 0) is 55.3 Å². The molecule has 4 rings (SSSR count). The molecule has 0 saturated carbocycles. The lowest BCUT2D eigenvalue weighted by Crippen LogP contribution is -2.48. The summed E-state index contributed by atoms with van der Waals surface area (Å²) in [6, 6.07) is 13.4. The summed E-state index contributed by atoms with van der Waals surface area (Å²) < 4.78 is 38.8. The van der Waals surface area contributed by atoms with Gasteiger partial charge in [-0.15, -0.1) is 0 Å². The fourth-order valence-electron chi connectivity index (χ4n) is 4.52. The van der Waals surface area contributed by atoms with Gasteiger partial charge < -0.3 is 4.90 Å². The second-order valence-corrected chi connectivity index (χ2v) is 8.80. The van der Waals surface area contributed by atoms with E-state index in [4.69, 9.17) is 0 Å². The van der Waals surface area contributed by atoms with Crippen LogP contribution in [0.1, 0.15) is 46.3 Å². The fraction of sp³-hybridized carbons (Fsp3) is 0.480. The maximum Gasteiger partial charge on any atom is 0.416 e. The van der Waals surface area contributed by atoms with Gasteiger partial charge in [-0.3, -0.25) is 14.6 Å². The van der Waals surface area contributed by atoms with E-state index in [1.807, 2.05) is 29.2 Å². The predicted molar refractivity (Wildman–Crippen MR) is 118 cm³/mol. The molecule has 0 N–H and O–H groups in total. The molecule has 2 aliphatic rings. The van der Waals surface area contributed by atoms with Gasteiger partial charge in [0.2, 0.25) is 0 Å².